The van der Waals surface area contributed by atoms with Gasteiger partial charge >= 0.3 is 6.18 Å². The number of hydrogen-bond acceptors (Lipinski definition) is 5. The van der Waals surface area contributed by atoms with Gasteiger partial charge in [-0.3, -0.25) is 0 Å². The number of pyridine rings is 1. The monoisotopic (exact) mass is 441 g/mol. The third kappa shape index (κ3) is 3.96. The number of aromatic nitrogens is 4. The third-order valence-electron chi connectivity index (χ3n) is 3.88. The summed E-state index contributed by atoms with van der Waals surface area (Å²) in [5, 5.41) is 3.72. The Morgan fingerprint density at radius 3 is 2.55 bits per heavy atom. The van der Waals surface area contributed by atoms with Crippen LogP contribution in [0, 0.1) is 0 Å². The van der Waals surface area contributed by atoms with Crippen molar-refractivity contribution in [1.29, 1.82) is 0 Å². The van der Waals surface area contributed by atoms with E-state index in [-0.39, 0.29) is 28.1 Å². The predicted molar refractivity (Wildman–Crippen MR) is 102 cm³/mol. The molecule has 150 valence electrons. The van der Waals surface area contributed by atoms with Crippen molar-refractivity contribution in [2.24, 2.45) is 0 Å². The van der Waals surface area contributed by atoms with Crippen molar-refractivity contribution in [3.05, 3.63) is 53.3 Å². The number of halogens is 4. The van der Waals surface area contributed by atoms with Crippen LogP contribution in [-0.4, -0.2) is 30.0 Å². The summed E-state index contributed by atoms with van der Waals surface area (Å²) in [6.45, 7) is 0. The number of imidazole rings is 1. The molecule has 7 nitrogen and oxygen atoms in total. The lowest BCUT2D eigenvalue weighted by Crippen LogP contribution is -2.06. The normalized spacial score (nSPS) is 13.0. The number of rotatable bonds is 4. The molecule has 3 heterocycles. The zero-order valence-corrected chi connectivity index (χ0v) is 16.1. The fourth-order valence-corrected chi connectivity index (χ4v) is 3.34. The van der Waals surface area contributed by atoms with Crippen molar-refractivity contribution >= 4 is 33.9 Å². The Bertz CT molecular complexity index is 1220. The summed E-state index contributed by atoms with van der Waals surface area (Å²) in [6.07, 6.45) is -0.806. The van der Waals surface area contributed by atoms with E-state index >= 15 is 0 Å². The highest BCUT2D eigenvalue weighted by molar-refractivity contribution is 7.85. The number of fused-ring (bicyclic) bond motifs is 1. The molecular formula is C17H11ClF3N5O2S. The van der Waals surface area contributed by atoms with Gasteiger partial charge < -0.3 is 13.6 Å². The minimum absolute atomic E-state index is 0.0326. The van der Waals surface area contributed by atoms with Crippen LogP contribution in [0.4, 0.5) is 18.9 Å². The van der Waals surface area contributed by atoms with Gasteiger partial charge in [0, 0.05) is 29.9 Å². The largest absolute Gasteiger partial charge is 0.417 e. The molecule has 0 spiro atoms. The maximum Gasteiger partial charge on any atom is 0.417 e. The molecule has 1 atom stereocenters. The van der Waals surface area contributed by atoms with E-state index in [1.54, 1.807) is 24.3 Å². The Balaban J connectivity index is 1.66. The van der Waals surface area contributed by atoms with E-state index in [2.05, 4.69) is 19.8 Å². The van der Waals surface area contributed by atoms with Gasteiger partial charge in [0.1, 0.15) is 16.7 Å². The highest BCUT2D eigenvalue weighted by Crippen LogP contribution is 2.33. The van der Waals surface area contributed by atoms with Crippen molar-refractivity contribution in [3.63, 3.8) is 0 Å². The molecule has 4 aromatic rings. The smallest absolute Gasteiger partial charge is 0.332 e. The van der Waals surface area contributed by atoms with Crippen LogP contribution in [-0.2, 0) is 17.2 Å². The first-order chi connectivity index (χ1) is 13.7. The lowest BCUT2D eigenvalue weighted by molar-refractivity contribution is -0.137. The molecule has 0 saturated heterocycles. The Morgan fingerprint density at radius 2 is 1.90 bits per heavy atom. The van der Waals surface area contributed by atoms with Gasteiger partial charge in [0.15, 0.2) is 5.65 Å². The molecule has 1 unspecified atom stereocenters. The van der Waals surface area contributed by atoms with Crippen LogP contribution < -0.4 is 4.72 Å². The molecule has 0 aliphatic carbocycles. The van der Waals surface area contributed by atoms with E-state index in [1.807, 2.05) is 0 Å². The summed E-state index contributed by atoms with van der Waals surface area (Å²) >= 11 is 5.94. The molecule has 12 heteroatoms. The van der Waals surface area contributed by atoms with Gasteiger partial charge in [-0.15, -0.1) is 0 Å². The first kappa shape index (κ1) is 19.4. The SMILES string of the molecule is CS(=O)Nc1ccc(-c2noc(-c3cn4cc(C(F)(F)F)cc(Cl)c4n3)n2)cc1. The standard InChI is InChI=1S/C17H11ClF3N5O2S/c1-29(27)25-11-4-2-9(3-5-11)14-23-16(28-24-14)13-8-26-7-10(17(19,20)21)6-12(18)15(26)22-13/h2-8,25H,1H3. The number of anilines is 1. The van der Waals surface area contributed by atoms with Crippen LogP contribution in [0.25, 0.3) is 28.6 Å². The number of nitrogens with one attached hydrogen (secondary N) is 1. The van der Waals surface area contributed by atoms with Crippen molar-refractivity contribution < 1.29 is 21.9 Å². The second kappa shape index (κ2) is 7.16. The van der Waals surface area contributed by atoms with Crippen molar-refractivity contribution in [1.82, 2.24) is 19.5 Å². The lowest BCUT2D eigenvalue weighted by Gasteiger charge is -2.07. The molecule has 0 radical (unpaired) electrons. The van der Waals surface area contributed by atoms with E-state index in [0.29, 0.717) is 11.3 Å². The maximum absolute atomic E-state index is 13.0. The Kier molecular flexibility index (Phi) is 4.79. The zero-order valence-electron chi connectivity index (χ0n) is 14.6. The summed E-state index contributed by atoms with van der Waals surface area (Å²) in [6, 6.07) is 7.64. The Labute approximate surface area is 169 Å². The van der Waals surface area contributed by atoms with Gasteiger partial charge in [0.25, 0.3) is 5.89 Å². The molecule has 4 rings (SSSR count). The number of hydrogen-bond donors (Lipinski definition) is 1. The zero-order chi connectivity index (χ0) is 20.8. The molecule has 3 aromatic heterocycles. The second-order valence-electron chi connectivity index (χ2n) is 5.99. The predicted octanol–water partition coefficient (Wildman–Crippen LogP) is 4.43. The molecule has 1 aromatic carbocycles. The Morgan fingerprint density at radius 1 is 1.17 bits per heavy atom. The molecule has 0 saturated carbocycles. The number of nitrogens with zero attached hydrogens (tertiary/aromatic N) is 4. The van der Waals surface area contributed by atoms with Crippen molar-refractivity contribution in [2.45, 2.75) is 6.18 Å². The van der Waals surface area contributed by atoms with E-state index in [4.69, 9.17) is 16.1 Å². The number of alkyl halides is 3. The quantitative estimate of drug-likeness (QED) is 0.506. The average molecular weight is 442 g/mol. The fraction of sp³-hybridized carbons (Fsp3) is 0.118. The highest BCUT2D eigenvalue weighted by atomic mass is 35.5. The molecule has 0 aliphatic rings. The minimum atomic E-state index is -4.54. The fourth-order valence-electron chi connectivity index (χ4n) is 2.61. The molecule has 0 amide bonds. The van der Waals surface area contributed by atoms with E-state index in [0.717, 1.165) is 16.7 Å². The van der Waals surface area contributed by atoms with Gasteiger partial charge in [-0.2, -0.15) is 18.2 Å². The van der Waals surface area contributed by atoms with Gasteiger partial charge in [-0.05, 0) is 30.3 Å². The summed E-state index contributed by atoms with van der Waals surface area (Å²) in [5.41, 5.74) is 0.719. The molecule has 0 aliphatic heterocycles. The van der Waals surface area contributed by atoms with Gasteiger partial charge in [0.2, 0.25) is 5.82 Å². The lowest BCUT2D eigenvalue weighted by atomic mass is 10.2. The molecular weight excluding hydrogens is 431 g/mol. The van der Waals surface area contributed by atoms with Crippen LogP contribution in [0.2, 0.25) is 5.02 Å². The van der Waals surface area contributed by atoms with Crippen LogP contribution in [0.15, 0.2) is 47.2 Å². The van der Waals surface area contributed by atoms with Crippen molar-refractivity contribution in [2.75, 3.05) is 11.0 Å². The van der Waals surface area contributed by atoms with Crippen LogP contribution in [0.1, 0.15) is 5.56 Å². The third-order valence-corrected chi connectivity index (χ3v) is 4.68. The van der Waals surface area contributed by atoms with E-state index in [9.17, 15) is 17.4 Å². The first-order valence-electron chi connectivity index (χ1n) is 8.01. The summed E-state index contributed by atoms with van der Waals surface area (Å²) < 4.78 is 59.2. The summed E-state index contributed by atoms with van der Waals surface area (Å²) in [5.74, 6) is 0.300. The second-order valence-corrected chi connectivity index (χ2v) is 7.51. The topological polar surface area (TPSA) is 85.3 Å². The van der Waals surface area contributed by atoms with Crippen molar-refractivity contribution in [3.8, 4) is 23.0 Å². The van der Waals surface area contributed by atoms with Crippen LogP contribution in [0.5, 0.6) is 0 Å². The Hall–Kier alpha value is -2.92. The van der Waals surface area contributed by atoms with Gasteiger partial charge in [0.05, 0.1) is 10.6 Å². The van der Waals surface area contributed by atoms with Crippen LogP contribution >= 0.6 is 11.6 Å². The molecule has 1 N–H and O–H groups in total. The molecule has 29 heavy (non-hydrogen) atoms. The average Bonchev–Trinajstić information content (AvgIpc) is 3.28. The molecule has 0 bridgehead atoms. The van der Waals surface area contributed by atoms with Crippen LogP contribution in [0.3, 0.4) is 0 Å². The summed E-state index contributed by atoms with van der Waals surface area (Å²) in [4.78, 5) is 8.42. The summed E-state index contributed by atoms with van der Waals surface area (Å²) in [7, 11) is -1.20. The number of benzene rings is 1. The maximum atomic E-state index is 13.0. The van der Waals surface area contributed by atoms with E-state index in [1.165, 1.54) is 12.5 Å². The van der Waals surface area contributed by atoms with E-state index < -0.39 is 22.7 Å². The first-order valence-corrected chi connectivity index (χ1v) is 9.94. The van der Waals surface area contributed by atoms with Gasteiger partial charge in [-0.1, -0.05) is 16.8 Å². The molecule has 0 fully saturated rings. The highest BCUT2D eigenvalue weighted by Gasteiger charge is 2.32. The minimum Gasteiger partial charge on any atom is -0.332 e. The van der Waals surface area contributed by atoms with Gasteiger partial charge in [-0.25, -0.2) is 9.19 Å².